The highest BCUT2D eigenvalue weighted by molar-refractivity contribution is 5.06. The first-order valence-electron chi connectivity index (χ1n) is 6.65. The minimum absolute atomic E-state index is 0.0609. The van der Waals surface area contributed by atoms with E-state index in [0.717, 1.165) is 12.8 Å². The molecule has 0 amide bonds. The molecule has 3 heteroatoms. The van der Waals surface area contributed by atoms with Crippen LogP contribution in [-0.2, 0) is 13.5 Å². The molecule has 1 aliphatic carbocycles. The van der Waals surface area contributed by atoms with Gasteiger partial charge in [-0.25, -0.2) is 0 Å². The Hall–Kier alpha value is -0.830. The van der Waals surface area contributed by atoms with Gasteiger partial charge in [0, 0.05) is 18.8 Å². The van der Waals surface area contributed by atoms with E-state index in [4.69, 9.17) is 5.73 Å². The maximum absolute atomic E-state index is 6.51. The second-order valence-corrected chi connectivity index (χ2v) is 6.55. The Morgan fingerprint density at radius 3 is 2.47 bits per heavy atom. The largest absolute Gasteiger partial charge is 0.325 e. The maximum Gasteiger partial charge on any atom is 0.0521 e. The van der Waals surface area contributed by atoms with Crippen LogP contribution in [0.3, 0.4) is 0 Å². The third-order valence-corrected chi connectivity index (χ3v) is 4.27. The van der Waals surface area contributed by atoms with Crippen LogP contribution >= 0.6 is 0 Å². The van der Waals surface area contributed by atoms with Gasteiger partial charge in [-0.3, -0.25) is 4.68 Å². The molecule has 0 aromatic carbocycles. The van der Waals surface area contributed by atoms with E-state index < -0.39 is 0 Å². The average Bonchev–Trinajstić information content (AvgIpc) is 2.67. The highest BCUT2D eigenvalue weighted by Gasteiger charge is 2.34. The van der Waals surface area contributed by atoms with E-state index in [-0.39, 0.29) is 5.54 Å². The second-order valence-electron chi connectivity index (χ2n) is 6.55. The molecule has 2 N–H and O–H groups in total. The SMILES string of the molecule is Cn1cc(CCC2(N)CCC(C)(C)CC2)cn1. The van der Waals surface area contributed by atoms with Crippen LogP contribution in [0.4, 0.5) is 0 Å². The molecule has 96 valence electrons. The molecular formula is C14H25N3. The topological polar surface area (TPSA) is 43.8 Å². The lowest BCUT2D eigenvalue weighted by Crippen LogP contribution is -2.45. The molecule has 0 spiro atoms. The van der Waals surface area contributed by atoms with E-state index in [1.54, 1.807) is 0 Å². The van der Waals surface area contributed by atoms with Crippen molar-refractivity contribution in [2.75, 3.05) is 0 Å². The Labute approximate surface area is 104 Å². The lowest BCUT2D eigenvalue weighted by Gasteiger charge is -2.41. The lowest BCUT2D eigenvalue weighted by molar-refractivity contribution is 0.158. The highest BCUT2D eigenvalue weighted by Crippen LogP contribution is 2.40. The number of aromatic nitrogens is 2. The summed E-state index contributed by atoms with van der Waals surface area (Å²) in [5, 5.41) is 4.20. The van der Waals surface area contributed by atoms with E-state index in [2.05, 4.69) is 25.1 Å². The third kappa shape index (κ3) is 3.32. The van der Waals surface area contributed by atoms with Crippen LogP contribution in [0, 0.1) is 5.41 Å². The van der Waals surface area contributed by atoms with Crippen molar-refractivity contribution in [1.82, 2.24) is 9.78 Å². The van der Waals surface area contributed by atoms with Crippen LogP contribution in [0.25, 0.3) is 0 Å². The van der Waals surface area contributed by atoms with Gasteiger partial charge in [-0.1, -0.05) is 13.8 Å². The van der Waals surface area contributed by atoms with Crippen molar-refractivity contribution in [3.8, 4) is 0 Å². The fourth-order valence-electron chi connectivity index (χ4n) is 2.67. The fraction of sp³-hybridized carbons (Fsp3) is 0.786. The summed E-state index contributed by atoms with van der Waals surface area (Å²) in [4.78, 5) is 0. The van der Waals surface area contributed by atoms with E-state index >= 15 is 0 Å². The van der Waals surface area contributed by atoms with Gasteiger partial charge in [0.25, 0.3) is 0 Å². The third-order valence-electron chi connectivity index (χ3n) is 4.27. The molecule has 17 heavy (non-hydrogen) atoms. The summed E-state index contributed by atoms with van der Waals surface area (Å²) in [5.74, 6) is 0. The van der Waals surface area contributed by atoms with Gasteiger partial charge < -0.3 is 5.73 Å². The number of aryl methyl sites for hydroxylation is 2. The number of hydrogen-bond acceptors (Lipinski definition) is 2. The Bertz CT molecular complexity index is 369. The molecule has 0 aliphatic heterocycles. The van der Waals surface area contributed by atoms with E-state index in [1.807, 2.05) is 17.9 Å². The van der Waals surface area contributed by atoms with Crippen LogP contribution in [0.2, 0.25) is 0 Å². The van der Waals surface area contributed by atoms with E-state index in [0.29, 0.717) is 5.41 Å². The summed E-state index contributed by atoms with van der Waals surface area (Å²) >= 11 is 0. The first-order chi connectivity index (χ1) is 7.89. The molecule has 0 unspecified atom stereocenters. The van der Waals surface area contributed by atoms with Crippen molar-refractivity contribution < 1.29 is 0 Å². The molecule has 1 heterocycles. The normalized spacial score (nSPS) is 22.6. The Balaban J connectivity index is 1.87. The minimum Gasteiger partial charge on any atom is -0.325 e. The molecular weight excluding hydrogens is 210 g/mol. The molecule has 1 aromatic heterocycles. The molecule has 0 radical (unpaired) electrons. The van der Waals surface area contributed by atoms with Crippen molar-refractivity contribution >= 4 is 0 Å². The highest BCUT2D eigenvalue weighted by atomic mass is 15.2. The number of nitrogens with zero attached hydrogens (tertiary/aromatic N) is 2. The predicted molar refractivity (Wildman–Crippen MR) is 70.7 cm³/mol. The Kier molecular flexibility index (Phi) is 3.30. The van der Waals surface area contributed by atoms with Gasteiger partial charge in [-0.15, -0.1) is 0 Å². The molecule has 0 atom stereocenters. The first kappa shape index (κ1) is 12.6. The first-order valence-corrected chi connectivity index (χ1v) is 6.65. The van der Waals surface area contributed by atoms with Crippen LogP contribution in [0.5, 0.6) is 0 Å². The summed E-state index contributed by atoms with van der Waals surface area (Å²) in [7, 11) is 1.96. The summed E-state index contributed by atoms with van der Waals surface area (Å²) < 4.78 is 1.86. The van der Waals surface area contributed by atoms with Crippen molar-refractivity contribution in [3.63, 3.8) is 0 Å². The van der Waals surface area contributed by atoms with Crippen molar-refractivity contribution in [3.05, 3.63) is 18.0 Å². The molecule has 1 fully saturated rings. The molecule has 1 aliphatic rings. The van der Waals surface area contributed by atoms with Crippen molar-refractivity contribution in [2.24, 2.45) is 18.2 Å². The predicted octanol–water partition coefficient (Wildman–Crippen LogP) is 2.65. The summed E-state index contributed by atoms with van der Waals surface area (Å²) in [6, 6.07) is 0. The fourth-order valence-corrected chi connectivity index (χ4v) is 2.67. The Morgan fingerprint density at radius 1 is 1.29 bits per heavy atom. The van der Waals surface area contributed by atoms with Gasteiger partial charge in [-0.05, 0) is 49.5 Å². The van der Waals surface area contributed by atoms with Gasteiger partial charge in [-0.2, -0.15) is 5.10 Å². The van der Waals surface area contributed by atoms with Gasteiger partial charge in [0.2, 0.25) is 0 Å². The molecule has 0 saturated heterocycles. The zero-order chi connectivity index (χ0) is 12.5. The molecule has 1 aromatic rings. The van der Waals surface area contributed by atoms with Crippen LogP contribution < -0.4 is 5.73 Å². The minimum atomic E-state index is 0.0609. The molecule has 3 nitrogen and oxygen atoms in total. The zero-order valence-corrected chi connectivity index (χ0v) is 11.4. The summed E-state index contributed by atoms with van der Waals surface area (Å²) in [5.41, 5.74) is 8.37. The van der Waals surface area contributed by atoms with Gasteiger partial charge in [0.15, 0.2) is 0 Å². The zero-order valence-electron chi connectivity index (χ0n) is 11.4. The molecule has 2 rings (SSSR count). The molecule has 0 bridgehead atoms. The van der Waals surface area contributed by atoms with Crippen molar-refractivity contribution in [2.45, 2.75) is 57.9 Å². The van der Waals surface area contributed by atoms with Crippen LogP contribution in [0.15, 0.2) is 12.4 Å². The monoisotopic (exact) mass is 235 g/mol. The average molecular weight is 235 g/mol. The van der Waals surface area contributed by atoms with Gasteiger partial charge >= 0.3 is 0 Å². The number of hydrogen-bond donors (Lipinski definition) is 1. The maximum atomic E-state index is 6.51. The van der Waals surface area contributed by atoms with Crippen LogP contribution in [-0.4, -0.2) is 15.3 Å². The Morgan fingerprint density at radius 2 is 1.94 bits per heavy atom. The van der Waals surface area contributed by atoms with E-state index in [1.165, 1.54) is 31.2 Å². The lowest BCUT2D eigenvalue weighted by atomic mass is 9.68. The molecule has 1 saturated carbocycles. The van der Waals surface area contributed by atoms with Crippen molar-refractivity contribution in [1.29, 1.82) is 0 Å². The van der Waals surface area contributed by atoms with Crippen LogP contribution in [0.1, 0.15) is 51.5 Å². The smallest absolute Gasteiger partial charge is 0.0521 e. The number of rotatable bonds is 3. The quantitative estimate of drug-likeness (QED) is 0.875. The van der Waals surface area contributed by atoms with E-state index in [9.17, 15) is 0 Å². The number of nitrogens with two attached hydrogens (primary N) is 1. The standard InChI is InChI=1S/C14H25N3/c1-13(2)6-8-14(15,9-7-13)5-4-12-10-16-17(3)11-12/h10-11H,4-9,15H2,1-3H3. The summed E-state index contributed by atoms with van der Waals surface area (Å²) in [6.07, 6.45) is 11.1. The summed E-state index contributed by atoms with van der Waals surface area (Å²) in [6.45, 7) is 4.71. The van der Waals surface area contributed by atoms with Gasteiger partial charge in [0.05, 0.1) is 6.20 Å². The van der Waals surface area contributed by atoms with Gasteiger partial charge in [0.1, 0.15) is 0 Å². The second kappa shape index (κ2) is 4.45.